The fourth-order valence-electron chi connectivity index (χ4n) is 1.57. The van der Waals surface area contributed by atoms with E-state index in [1.54, 1.807) is 6.20 Å². The molecule has 1 unspecified atom stereocenters. The second kappa shape index (κ2) is 3.11. The first-order valence-electron chi connectivity index (χ1n) is 4.28. The lowest BCUT2D eigenvalue weighted by Gasteiger charge is -2.06. The minimum absolute atomic E-state index is 0.589. The standard InChI is InChI=1S/C9H13N3/c10-8-1-2-9(12-6-8)7-3-4-11-5-7/h1-2,6-7,11H,3-5,10H2. The van der Waals surface area contributed by atoms with Crippen molar-refractivity contribution in [2.24, 2.45) is 0 Å². The lowest BCUT2D eigenvalue weighted by molar-refractivity contribution is 0.735. The molecule has 64 valence electrons. The summed E-state index contributed by atoms with van der Waals surface area (Å²) in [6.45, 7) is 2.16. The molecule has 1 aliphatic rings. The number of rotatable bonds is 1. The van der Waals surface area contributed by atoms with Gasteiger partial charge in [-0.05, 0) is 25.1 Å². The Labute approximate surface area is 72.0 Å². The van der Waals surface area contributed by atoms with Crippen LogP contribution in [0.4, 0.5) is 5.69 Å². The molecule has 2 heterocycles. The quantitative estimate of drug-likeness (QED) is 0.642. The van der Waals surface area contributed by atoms with Gasteiger partial charge >= 0.3 is 0 Å². The number of hydrogen-bond donors (Lipinski definition) is 2. The number of nitrogens with zero attached hydrogens (tertiary/aromatic N) is 1. The number of hydrogen-bond acceptors (Lipinski definition) is 3. The van der Waals surface area contributed by atoms with Crippen LogP contribution in [0.5, 0.6) is 0 Å². The van der Waals surface area contributed by atoms with E-state index in [9.17, 15) is 0 Å². The van der Waals surface area contributed by atoms with Crippen molar-refractivity contribution in [2.75, 3.05) is 18.8 Å². The fourth-order valence-corrected chi connectivity index (χ4v) is 1.57. The normalized spacial score (nSPS) is 22.8. The molecule has 0 spiro atoms. The zero-order valence-corrected chi connectivity index (χ0v) is 6.96. The topological polar surface area (TPSA) is 50.9 Å². The summed E-state index contributed by atoms with van der Waals surface area (Å²) in [4.78, 5) is 4.30. The number of nitrogens with one attached hydrogen (secondary N) is 1. The molecule has 1 fully saturated rings. The van der Waals surface area contributed by atoms with Gasteiger partial charge in [0.2, 0.25) is 0 Å². The number of aromatic nitrogens is 1. The van der Waals surface area contributed by atoms with Crippen molar-refractivity contribution in [1.82, 2.24) is 10.3 Å². The lowest BCUT2D eigenvalue weighted by atomic mass is 10.0. The smallest absolute Gasteiger partial charge is 0.0501 e. The van der Waals surface area contributed by atoms with Crippen LogP contribution in [-0.2, 0) is 0 Å². The van der Waals surface area contributed by atoms with E-state index in [2.05, 4.69) is 10.3 Å². The maximum Gasteiger partial charge on any atom is 0.0501 e. The Morgan fingerprint density at radius 1 is 1.50 bits per heavy atom. The van der Waals surface area contributed by atoms with Crippen molar-refractivity contribution in [3.05, 3.63) is 24.0 Å². The van der Waals surface area contributed by atoms with Gasteiger partial charge in [0.25, 0.3) is 0 Å². The summed E-state index contributed by atoms with van der Waals surface area (Å²) in [5.74, 6) is 0.589. The molecule has 3 heteroatoms. The van der Waals surface area contributed by atoms with Gasteiger partial charge < -0.3 is 11.1 Å². The molecule has 12 heavy (non-hydrogen) atoms. The van der Waals surface area contributed by atoms with E-state index in [0.29, 0.717) is 5.92 Å². The Morgan fingerprint density at radius 2 is 2.42 bits per heavy atom. The minimum Gasteiger partial charge on any atom is -0.397 e. The van der Waals surface area contributed by atoms with Gasteiger partial charge in [-0.25, -0.2) is 0 Å². The summed E-state index contributed by atoms with van der Waals surface area (Å²) in [7, 11) is 0. The van der Waals surface area contributed by atoms with Crippen LogP contribution in [0.15, 0.2) is 18.3 Å². The van der Waals surface area contributed by atoms with Crippen molar-refractivity contribution < 1.29 is 0 Å². The second-order valence-electron chi connectivity index (χ2n) is 3.21. The summed E-state index contributed by atoms with van der Waals surface area (Å²) >= 11 is 0. The van der Waals surface area contributed by atoms with Crippen molar-refractivity contribution in [3.8, 4) is 0 Å². The average Bonchev–Trinajstić information content (AvgIpc) is 2.58. The highest BCUT2D eigenvalue weighted by molar-refractivity contribution is 5.35. The Morgan fingerprint density at radius 3 is 3.00 bits per heavy atom. The molecule has 2 rings (SSSR count). The summed E-state index contributed by atoms with van der Waals surface area (Å²) < 4.78 is 0. The van der Waals surface area contributed by atoms with Crippen molar-refractivity contribution in [3.63, 3.8) is 0 Å². The van der Waals surface area contributed by atoms with Gasteiger partial charge in [0, 0.05) is 18.2 Å². The zero-order valence-electron chi connectivity index (χ0n) is 6.96. The lowest BCUT2D eigenvalue weighted by Crippen LogP contribution is -2.08. The molecule has 1 aliphatic heterocycles. The number of pyridine rings is 1. The largest absolute Gasteiger partial charge is 0.397 e. The van der Waals surface area contributed by atoms with Gasteiger partial charge in [-0.3, -0.25) is 4.98 Å². The van der Waals surface area contributed by atoms with Crippen molar-refractivity contribution >= 4 is 5.69 Å². The number of nitrogen functional groups attached to an aromatic ring is 1. The van der Waals surface area contributed by atoms with E-state index in [-0.39, 0.29) is 0 Å². The maximum atomic E-state index is 5.55. The van der Waals surface area contributed by atoms with E-state index in [0.717, 1.165) is 24.5 Å². The first kappa shape index (κ1) is 7.55. The molecular weight excluding hydrogens is 150 g/mol. The van der Waals surface area contributed by atoms with Gasteiger partial charge in [0.1, 0.15) is 0 Å². The SMILES string of the molecule is Nc1ccc(C2CCNC2)nc1. The van der Waals surface area contributed by atoms with Crippen LogP contribution < -0.4 is 11.1 Å². The molecule has 0 radical (unpaired) electrons. The van der Waals surface area contributed by atoms with Crippen LogP contribution >= 0.6 is 0 Å². The molecule has 3 nitrogen and oxygen atoms in total. The summed E-state index contributed by atoms with van der Waals surface area (Å²) in [6.07, 6.45) is 2.92. The highest BCUT2D eigenvalue weighted by Gasteiger charge is 2.16. The Balaban J connectivity index is 2.17. The molecule has 1 atom stereocenters. The monoisotopic (exact) mass is 163 g/mol. The maximum absolute atomic E-state index is 5.55. The van der Waals surface area contributed by atoms with Gasteiger partial charge in [0.05, 0.1) is 11.9 Å². The van der Waals surface area contributed by atoms with Gasteiger partial charge in [-0.2, -0.15) is 0 Å². The molecule has 1 aromatic rings. The van der Waals surface area contributed by atoms with Gasteiger partial charge in [-0.15, -0.1) is 0 Å². The van der Waals surface area contributed by atoms with Gasteiger partial charge in [0.15, 0.2) is 0 Å². The zero-order chi connectivity index (χ0) is 8.39. The molecule has 1 aromatic heterocycles. The van der Waals surface area contributed by atoms with Crippen molar-refractivity contribution in [1.29, 1.82) is 0 Å². The third kappa shape index (κ3) is 1.41. The molecule has 3 N–H and O–H groups in total. The average molecular weight is 163 g/mol. The van der Waals surface area contributed by atoms with Crippen LogP contribution in [0, 0.1) is 0 Å². The van der Waals surface area contributed by atoms with E-state index in [1.165, 1.54) is 6.42 Å². The first-order chi connectivity index (χ1) is 5.86. The van der Waals surface area contributed by atoms with E-state index >= 15 is 0 Å². The van der Waals surface area contributed by atoms with E-state index in [1.807, 2.05) is 12.1 Å². The van der Waals surface area contributed by atoms with Crippen LogP contribution in [-0.4, -0.2) is 18.1 Å². The molecule has 0 amide bonds. The number of anilines is 1. The minimum atomic E-state index is 0.589. The summed E-state index contributed by atoms with van der Waals surface area (Å²) in [5.41, 5.74) is 7.45. The number of nitrogens with two attached hydrogens (primary N) is 1. The van der Waals surface area contributed by atoms with Crippen LogP contribution in [0.1, 0.15) is 18.0 Å². The first-order valence-corrected chi connectivity index (χ1v) is 4.28. The highest BCUT2D eigenvalue weighted by atomic mass is 14.9. The van der Waals surface area contributed by atoms with E-state index in [4.69, 9.17) is 5.73 Å². The predicted octanol–water partition coefficient (Wildman–Crippen LogP) is 0.741. The Bertz CT molecular complexity index is 249. The van der Waals surface area contributed by atoms with Gasteiger partial charge in [-0.1, -0.05) is 0 Å². The third-order valence-corrected chi connectivity index (χ3v) is 2.29. The molecule has 0 saturated carbocycles. The van der Waals surface area contributed by atoms with Crippen molar-refractivity contribution in [2.45, 2.75) is 12.3 Å². The highest BCUT2D eigenvalue weighted by Crippen LogP contribution is 2.20. The summed E-state index contributed by atoms with van der Waals surface area (Å²) in [5, 5.41) is 3.31. The van der Waals surface area contributed by atoms with E-state index < -0.39 is 0 Å². The Hall–Kier alpha value is -1.09. The molecular formula is C9H13N3. The third-order valence-electron chi connectivity index (χ3n) is 2.29. The molecule has 0 aromatic carbocycles. The molecule has 0 aliphatic carbocycles. The Kier molecular flexibility index (Phi) is 1.96. The van der Waals surface area contributed by atoms with Crippen LogP contribution in [0.2, 0.25) is 0 Å². The molecule has 1 saturated heterocycles. The predicted molar refractivity (Wildman–Crippen MR) is 48.9 cm³/mol. The fraction of sp³-hybridized carbons (Fsp3) is 0.444. The molecule has 0 bridgehead atoms. The van der Waals surface area contributed by atoms with Crippen LogP contribution in [0.3, 0.4) is 0 Å². The second-order valence-corrected chi connectivity index (χ2v) is 3.21. The summed E-state index contributed by atoms with van der Waals surface area (Å²) in [6, 6.07) is 3.94. The van der Waals surface area contributed by atoms with Crippen LogP contribution in [0.25, 0.3) is 0 Å².